The van der Waals surface area contributed by atoms with Gasteiger partial charge in [-0.15, -0.1) is 11.3 Å². The molecule has 1 amide bonds. The molecule has 3 atom stereocenters. The van der Waals surface area contributed by atoms with Gasteiger partial charge in [0.25, 0.3) is 5.24 Å². The van der Waals surface area contributed by atoms with Crippen molar-refractivity contribution in [2.75, 3.05) is 6.54 Å². The van der Waals surface area contributed by atoms with Crippen molar-refractivity contribution in [1.29, 1.82) is 5.26 Å². The predicted molar refractivity (Wildman–Crippen MR) is 93.4 cm³/mol. The minimum absolute atomic E-state index is 0.102. The molecule has 22 heavy (non-hydrogen) atoms. The van der Waals surface area contributed by atoms with Gasteiger partial charge in [0.05, 0.1) is 6.07 Å². The number of amides is 1. The molecule has 2 heterocycles. The summed E-state index contributed by atoms with van der Waals surface area (Å²) in [7, 11) is -0.755. The van der Waals surface area contributed by atoms with E-state index < -0.39 is 16.7 Å². The van der Waals surface area contributed by atoms with E-state index in [0.29, 0.717) is 5.92 Å². The molecule has 0 bridgehead atoms. The van der Waals surface area contributed by atoms with Crippen molar-refractivity contribution in [2.24, 2.45) is 11.7 Å². The van der Waals surface area contributed by atoms with Gasteiger partial charge in [0, 0.05) is 17.5 Å². The standard InChI is InChI=1S/C15H22N4OS2/c1-4-12-9-18(22(10-12)15(17)20)19(11(2)3)13(8-16)14-6-5-7-21-14/h5-7,10-13H,4,9H2,1-3H3,(H2,17,20). The number of carbonyl (C=O) groups excluding carboxylic acids is 1. The third-order valence-electron chi connectivity index (χ3n) is 3.66. The molecule has 2 rings (SSSR count). The van der Waals surface area contributed by atoms with Gasteiger partial charge in [-0.3, -0.25) is 4.79 Å². The molecule has 0 aromatic carbocycles. The summed E-state index contributed by atoms with van der Waals surface area (Å²) in [5, 5.41) is 15.4. The zero-order valence-electron chi connectivity index (χ0n) is 13.1. The number of hydrogen-bond acceptors (Lipinski definition) is 5. The number of rotatable bonds is 5. The zero-order chi connectivity index (χ0) is 16.3. The van der Waals surface area contributed by atoms with Gasteiger partial charge >= 0.3 is 0 Å². The van der Waals surface area contributed by atoms with E-state index in [2.05, 4.69) is 13.0 Å². The molecular weight excluding hydrogens is 316 g/mol. The molecule has 0 saturated carbocycles. The van der Waals surface area contributed by atoms with Crippen LogP contribution in [-0.2, 0) is 0 Å². The summed E-state index contributed by atoms with van der Waals surface area (Å²) in [5.41, 5.74) is 5.60. The lowest BCUT2D eigenvalue weighted by Crippen LogP contribution is -2.46. The average molecular weight is 339 g/mol. The monoisotopic (exact) mass is 338 g/mol. The summed E-state index contributed by atoms with van der Waals surface area (Å²) in [6, 6.07) is 6.01. The fourth-order valence-electron chi connectivity index (χ4n) is 2.55. The molecule has 1 aromatic heterocycles. The Morgan fingerprint density at radius 2 is 2.41 bits per heavy atom. The van der Waals surface area contributed by atoms with Crippen LogP contribution in [-0.4, -0.2) is 32.6 Å². The topological polar surface area (TPSA) is 73.4 Å². The van der Waals surface area contributed by atoms with Crippen LogP contribution in [0.1, 0.15) is 38.1 Å². The number of hydrazine groups is 1. The number of nitrogens with zero attached hydrogens (tertiary/aromatic N) is 3. The molecule has 0 saturated heterocycles. The number of hydrogen-bond donors (Lipinski definition) is 1. The van der Waals surface area contributed by atoms with Crippen LogP contribution >= 0.6 is 22.0 Å². The largest absolute Gasteiger partial charge is 0.360 e. The average Bonchev–Trinajstić information content (AvgIpc) is 3.13. The maximum Gasteiger partial charge on any atom is 0.285 e. The van der Waals surface area contributed by atoms with Gasteiger partial charge in [-0.05, 0) is 53.7 Å². The summed E-state index contributed by atoms with van der Waals surface area (Å²) in [6.07, 6.45) is 0.968. The zero-order valence-corrected chi connectivity index (χ0v) is 14.7. The van der Waals surface area contributed by atoms with Crippen LogP contribution < -0.4 is 5.73 Å². The van der Waals surface area contributed by atoms with E-state index in [9.17, 15) is 10.1 Å². The molecule has 5 nitrogen and oxygen atoms in total. The molecule has 1 aliphatic heterocycles. The quantitative estimate of drug-likeness (QED) is 0.836. The van der Waals surface area contributed by atoms with E-state index in [4.69, 9.17) is 5.73 Å². The second-order valence-corrected chi connectivity index (χ2v) is 8.20. The molecule has 0 spiro atoms. The number of carbonyl (C=O) groups is 1. The lowest BCUT2D eigenvalue weighted by atomic mass is 10.1. The smallest absolute Gasteiger partial charge is 0.285 e. The number of primary amides is 1. The van der Waals surface area contributed by atoms with Gasteiger partial charge in [-0.2, -0.15) is 9.68 Å². The van der Waals surface area contributed by atoms with Crippen LogP contribution in [0.15, 0.2) is 17.5 Å². The van der Waals surface area contributed by atoms with Crippen molar-refractivity contribution < 1.29 is 4.79 Å². The third-order valence-corrected chi connectivity index (χ3v) is 6.43. The normalized spacial score (nSPS) is 23.5. The first-order chi connectivity index (χ1) is 10.5. The lowest BCUT2D eigenvalue weighted by Gasteiger charge is -2.38. The van der Waals surface area contributed by atoms with Crippen molar-refractivity contribution in [2.45, 2.75) is 39.3 Å². The SMILES string of the molecule is CCC1C=S(C(N)=O)N(N(C(C)C)C(C#N)c2cccs2)C1. The van der Waals surface area contributed by atoms with Gasteiger partial charge in [0.15, 0.2) is 0 Å². The highest BCUT2D eigenvalue weighted by Gasteiger charge is 2.36. The fourth-order valence-corrected chi connectivity index (χ4v) is 5.28. The highest BCUT2D eigenvalue weighted by molar-refractivity contribution is 8.25. The second kappa shape index (κ2) is 7.38. The number of nitriles is 1. The summed E-state index contributed by atoms with van der Waals surface area (Å²) in [6.45, 7) is 6.93. The van der Waals surface area contributed by atoms with E-state index in [1.54, 1.807) is 11.3 Å². The molecule has 0 aliphatic carbocycles. The van der Waals surface area contributed by atoms with Crippen LogP contribution in [0.5, 0.6) is 0 Å². The first-order valence-electron chi connectivity index (χ1n) is 7.36. The highest BCUT2D eigenvalue weighted by Crippen LogP contribution is 2.38. The Morgan fingerprint density at radius 1 is 1.68 bits per heavy atom. The van der Waals surface area contributed by atoms with Crippen molar-refractivity contribution in [3.8, 4) is 6.07 Å². The van der Waals surface area contributed by atoms with Crippen LogP contribution in [0, 0.1) is 17.2 Å². The van der Waals surface area contributed by atoms with Crippen molar-refractivity contribution in [1.82, 2.24) is 9.42 Å². The second-order valence-electron chi connectivity index (χ2n) is 5.49. The highest BCUT2D eigenvalue weighted by atomic mass is 32.2. The minimum Gasteiger partial charge on any atom is -0.360 e. The summed E-state index contributed by atoms with van der Waals surface area (Å²) < 4.78 is 2.01. The first-order valence-corrected chi connectivity index (χ1v) is 9.48. The van der Waals surface area contributed by atoms with Gasteiger partial charge in [0.2, 0.25) is 0 Å². The number of thiophene rings is 1. The fraction of sp³-hybridized carbons (Fsp3) is 0.533. The third kappa shape index (κ3) is 3.41. The van der Waals surface area contributed by atoms with Crippen molar-refractivity contribution in [3.63, 3.8) is 0 Å². The molecule has 7 heteroatoms. The van der Waals surface area contributed by atoms with Crippen molar-refractivity contribution in [3.05, 3.63) is 22.4 Å². The molecule has 0 fully saturated rings. The van der Waals surface area contributed by atoms with Gasteiger partial charge in [-0.25, -0.2) is 5.01 Å². The summed E-state index contributed by atoms with van der Waals surface area (Å²) in [5.74, 6) is 0.333. The first kappa shape index (κ1) is 17.2. The van der Waals surface area contributed by atoms with E-state index in [1.165, 1.54) is 0 Å². The van der Waals surface area contributed by atoms with Crippen LogP contribution in [0.25, 0.3) is 0 Å². The Morgan fingerprint density at radius 3 is 2.86 bits per heavy atom. The Balaban J connectivity index is 2.38. The Labute approximate surface area is 138 Å². The van der Waals surface area contributed by atoms with E-state index in [1.807, 2.05) is 46.2 Å². The maximum absolute atomic E-state index is 11.9. The Kier molecular flexibility index (Phi) is 5.75. The van der Waals surface area contributed by atoms with Crippen LogP contribution in [0.3, 0.4) is 0 Å². The Bertz CT molecular complexity index is 591. The van der Waals surface area contributed by atoms with Crippen molar-refractivity contribution >= 4 is 32.6 Å². The molecular formula is C15H22N4OS2. The van der Waals surface area contributed by atoms with Gasteiger partial charge in [0.1, 0.15) is 6.04 Å². The maximum atomic E-state index is 11.9. The number of nitrogens with two attached hydrogens (primary N) is 1. The minimum atomic E-state index is -0.755. The van der Waals surface area contributed by atoms with E-state index >= 15 is 0 Å². The molecule has 0 radical (unpaired) electrons. The molecule has 120 valence electrons. The van der Waals surface area contributed by atoms with E-state index in [0.717, 1.165) is 17.8 Å². The predicted octanol–water partition coefficient (Wildman–Crippen LogP) is 3.34. The van der Waals surface area contributed by atoms with Gasteiger partial charge in [-0.1, -0.05) is 13.0 Å². The van der Waals surface area contributed by atoms with E-state index in [-0.39, 0.29) is 11.3 Å². The molecule has 2 N–H and O–H groups in total. The lowest BCUT2D eigenvalue weighted by molar-refractivity contribution is 0.0100. The summed E-state index contributed by atoms with van der Waals surface area (Å²) in [4.78, 5) is 12.8. The summed E-state index contributed by atoms with van der Waals surface area (Å²) >= 11 is 1.56. The van der Waals surface area contributed by atoms with Gasteiger partial charge < -0.3 is 5.73 Å². The Hall–Kier alpha value is -1.20. The molecule has 1 aliphatic rings. The van der Waals surface area contributed by atoms with Crippen LogP contribution in [0.2, 0.25) is 0 Å². The molecule has 1 aromatic rings. The van der Waals surface area contributed by atoms with Crippen LogP contribution in [0.4, 0.5) is 4.79 Å². The molecule has 3 unspecified atom stereocenters.